The number of hydrogen-bond acceptors (Lipinski definition) is 2. The zero-order chi connectivity index (χ0) is 12.3. The first-order chi connectivity index (χ1) is 8.16. The Bertz CT molecular complexity index is 396. The number of anilines is 1. The van der Waals surface area contributed by atoms with Crippen LogP contribution < -0.4 is 10.6 Å². The Labute approximate surface area is 107 Å². The molecule has 0 unspecified atom stereocenters. The maximum atomic E-state index is 11.7. The lowest BCUT2D eigenvalue weighted by Crippen LogP contribution is -2.23. The fraction of sp³-hybridized carbons (Fsp3) is 0.462. The second-order valence-electron chi connectivity index (χ2n) is 4.46. The predicted octanol–water partition coefficient (Wildman–Crippen LogP) is 2.73. The van der Waals surface area contributed by atoms with Crippen molar-refractivity contribution in [2.24, 2.45) is 0 Å². The maximum Gasteiger partial charge on any atom is 0.225 e. The van der Waals surface area contributed by atoms with Crippen LogP contribution in [0.5, 0.6) is 0 Å². The largest absolute Gasteiger partial charge is 0.325 e. The van der Waals surface area contributed by atoms with Gasteiger partial charge >= 0.3 is 0 Å². The highest BCUT2D eigenvalue weighted by Gasteiger charge is 2.20. The monoisotopic (exact) mass is 252 g/mol. The summed E-state index contributed by atoms with van der Waals surface area (Å²) in [5.41, 5.74) is 1.71. The van der Waals surface area contributed by atoms with Gasteiger partial charge in [0.2, 0.25) is 5.91 Å². The summed E-state index contributed by atoms with van der Waals surface area (Å²) >= 11 is 6.04. The number of aryl methyl sites for hydroxylation is 1. The number of para-hydroxylation sites is 1. The van der Waals surface area contributed by atoms with Crippen molar-refractivity contribution in [1.82, 2.24) is 5.32 Å². The van der Waals surface area contributed by atoms with Crippen molar-refractivity contribution in [2.45, 2.75) is 32.2 Å². The molecule has 1 saturated carbocycles. The Kier molecular flexibility index (Phi) is 4.02. The van der Waals surface area contributed by atoms with E-state index in [-0.39, 0.29) is 5.91 Å². The standard InChI is InChI=1S/C13H17ClN2O/c1-9-3-2-4-11(14)13(9)16-12(17)7-8-15-10-5-6-10/h2-4,10,15H,5-8H2,1H3,(H,16,17). The molecule has 0 atom stereocenters. The third-order valence-electron chi connectivity index (χ3n) is 2.85. The first-order valence-corrected chi connectivity index (χ1v) is 6.33. The third-order valence-corrected chi connectivity index (χ3v) is 3.16. The fourth-order valence-corrected chi connectivity index (χ4v) is 1.94. The summed E-state index contributed by atoms with van der Waals surface area (Å²) in [7, 11) is 0. The minimum absolute atomic E-state index is 0.00866. The molecule has 1 aromatic carbocycles. The van der Waals surface area contributed by atoms with Gasteiger partial charge in [0.1, 0.15) is 0 Å². The summed E-state index contributed by atoms with van der Waals surface area (Å²) in [5.74, 6) is 0.00866. The average Bonchev–Trinajstić information content (AvgIpc) is 3.08. The molecule has 2 N–H and O–H groups in total. The van der Waals surface area contributed by atoms with E-state index in [9.17, 15) is 4.79 Å². The quantitative estimate of drug-likeness (QED) is 0.846. The summed E-state index contributed by atoms with van der Waals surface area (Å²) in [6.45, 7) is 2.67. The van der Waals surface area contributed by atoms with E-state index in [1.807, 2.05) is 19.1 Å². The number of carbonyl (C=O) groups excluding carboxylic acids is 1. The Balaban J connectivity index is 1.84. The van der Waals surface area contributed by atoms with Crippen LogP contribution >= 0.6 is 11.6 Å². The van der Waals surface area contributed by atoms with Crippen molar-refractivity contribution in [2.75, 3.05) is 11.9 Å². The van der Waals surface area contributed by atoms with Gasteiger partial charge in [-0.15, -0.1) is 0 Å². The Morgan fingerprint density at radius 2 is 2.24 bits per heavy atom. The van der Waals surface area contributed by atoms with Crippen molar-refractivity contribution in [3.05, 3.63) is 28.8 Å². The van der Waals surface area contributed by atoms with Crippen molar-refractivity contribution < 1.29 is 4.79 Å². The van der Waals surface area contributed by atoms with Crippen LogP contribution in [0.25, 0.3) is 0 Å². The average molecular weight is 253 g/mol. The SMILES string of the molecule is Cc1cccc(Cl)c1NC(=O)CCNC1CC1. The Hall–Kier alpha value is -1.06. The molecule has 1 aliphatic rings. The molecule has 0 aromatic heterocycles. The molecule has 0 spiro atoms. The number of carbonyl (C=O) groups is 1. The predicted molar refractivity (Wildman–Crippen MR) is 70.5 cm³/mol. The highest BCUT2D eigenvalue weighted by atomic mass is 35.5. The molecule has 0 radical (unpaired) electrons. The minimum Gasteiger partial charge on any atom is -0.325 e. The molecule has 2 rings (SSSR count). The van der Waals surface area contributed by atoms with Gasteiger partial charge in [0.15, 0.2) is 0 Å². The molecular weight excluding hydrogens is 236 g/mol. The molecule has 0 bridgehead atoms. The van der Waals surface area contributed by atoms with Crippen LogP contribution in [-0.2, 0) is 4.79 Å². The summed E-state index contributed by atoms with van der Waals surface area (Å²) < 4.78 is 0. The molecule has 0 aliphatic heterocycles. The lowest BCUT2D eigenvalue weighted by Gasteiger charge is -2.10. The zero-order valence-electron chi connectivity index (χ0n) is 9.92. The van der Waals surface area contributed by atoms with Crippen LogP contribution in [0.1, 0.15) is 24.8 Å². The maximum absolute atomic E-state index is 11.7. The first-order valence-electron chi connectivity index (χ1n) is 5.95. The van der Waals surface area contributed by atoms with Gasteiger partial charge in [-0.1, -0.05) is 23.7 Å². The third kappa shape index (κ3) is 3.72. The molecule has 1 fully saturated rings. The number of halogens is 1. The number of benzene rings is 1. The van der Waals surface area contributed by atoms with Crippen molar-refractivity contribution >= 4 is 23.2 Å². The van der Waals surface area contributed by atoms with Gasteiger partial charge in [0, 0.05) is 19.0 Å². The number of amides is 1. The van der Waals surface area contributed by atoms with E-state index >= 15 is 0 Å². The van der Waals surface area contributed by atoms with Gasteiger partial charge in [-0.3, -0.25) is 4.79 Å². The molecule has 4 heteroatoms. The number of hydrogen-bond donors (Lipinski definition) is 2. The highest BCUT2D eigenvalue weighted by molar-refractivity contribution is 6.33. The van der Waals surface area contributed by atoms with Crippen LogP contribution in [0.3, 0.4) is 0 Å². The smallest absolute Gasteiger partial charge is 0.225 e. The summed E-state index contributed by atoms with van der Waals surface area (Å²) in [6.07, 6.45) is 2.97. The van der Waals surface area contributed by atoms with E-state index in [2.05, 4.69) is 10.6 Å². The number of rotatable bonds is 5. The molecule has 3 nitrogen and oxygen atoms in total. The van der Waals surface area contributed by atoms with Gasteiger partial charge in [0.05, 0.1) is 10.7 Å². The molecule has 17 heavy (non-hydrogen) atoms. The van der Waals surface area contributed by atoms with Crippen LogP contribution in [0.2, 0.25) is 5.02 Å². The van der Waals surface area contributed by atoms with Crippen LogP contribution in [-0.4, -0.2) is 18.5 Å². The molecular formula is C13H17ClN2O. The van der Waals surface area contributed by atoms with Crippen molar-refractivity contribution in [3.63, 3.8) is 0 Å². The first kappa shape index (κ1) is 12.4. The molecule has 1 aromatic rings. The van der Waals surface area contributed by atoms with Crippen molar-refractivity contribution in [3.8, 4) is 0 Å². The Morgan fingerprint density at radius 3 is 2.88 bits per heavy atom. The van der Waals surface area contributed by atoms with E-state index in [4.69, 9.17) is 11.6 Å². The second kappa shape index (κ2) is 5.52. The van der Waals surface area contributed by atoms with Gasteiger partial charge < -0.3 is 10.6 Å². The topological polar surface area (TPSA) is 41.1 Å². The van der Waals surface area contributed by atoms with Gasteiger partial charge in [-0.25, -0.2) is 0 Å². The van der Waals surface area contributed by atoms with Gasteiger partial charge in [-0.05, 0) is 31.4 Å². The summed E-state index contributed by atoms with van der Waals surface area (Å²) in [4.78, 5) is 11.7. The van der Waals surface area contributed by atoms with Crippen LogP contribution in [0, 0.1) is 6.92 Å². The molecule has 1 aliphatic carbocycles. The molecule has 0 saturated heterocycles. The van der Waals surface area contributed by atoms with Crippen molar-refractivity contribution in [1.29, 1.82) is 0 Å². The van der Waals surface area contributed by atoms with Gasteiger partial charge in [-0.2, -0.15) is 0 Å². The minimum atomic E-state index is 0.00866. The van der Waals surface area contributed by atoms with E-state index in [0.717, 1.165) is 17.8 Å². The molecule has 92 valence electrons. The summed E-state index contributed by atoms with van der Waals surface area (Å²) in [6, 6.07) is 6.24. The lowest BCUT2D eigenvalue weighted by atomic mass is 10.2. The van der Waals surface area contributed by atoms with E-state index in [0.29, 0.717) is 17.5 Å². The van der Waals surface area contributed by atoms with Gasteiger partial charge in [0.25, 0.3) is 0 Å². The highest BCUT2D eigenvalue weighted by Crippen LogP contribution is 2.25. The molecule has 0 heterocycles. The Morgan fingerprint density at radius 1 is 1.47 bits per heavy atom. The second-order valence-corrected chi connectivity index (χ2v) is 4.87. The van der Waals surface area contributed by atoms with E-state index in [1.165, 1.54) is 12.8 Å². The zero-order valence-corrected chi connectivity index (χ0v) is 10.7. The fourth-order valence-electron chi connectivity index (χ4n) is 1.67. The number of nitrogens with one attached hydrogen (secondary N) is 2. The lowest BCUT2D eigenvalue weighted by molar-refractivity contribution is -0.116. The van der Waals surface area contributed by atoms with E-state index in [1.54, 1.807) is 6.07 Å². The normalized spacial score (nSPS) is 14.7. The molecule has 1 amide bonds. The summed E-state index contributed by atoms with van der Waals surface area (Å²) in [5, 5.41) is 6.76. The van der Waals surface area contributed by atoms with Crippen LogP contribution in [0.15, 0.2) is 18.2 Å². The van der Waals surface area contributed by atoms with E-state index < -0.39 is 0 Å². The van der Waals surface area contributed by atoms with Crippen LogP contribution in [0.4, 0.5) is 5.69 Å².